The van der Waals surface area contributed by atoms with Crippen LogP contribution < -0.4 is 16.8 Å². The van der Waals surface area contributed by atoms with E-state index in [1.165, 1.54) is 51.4 Å². The number of primary amides is 1. The highest BCUT2D eigenvalue weighted by Crippen LogP contribution is 2.33. The van der Waals surface area contributed by atoms with Gasteiger partial charge in [-0.15, -0.1) is 0 Å². The molecule has 1 atom stereocenters. The molecule has 0 radical (unpaired) electrons. The van der Waals surface area contributed by atoms with E-state index in [-0.39, 0.29) is 12.0 Å². The van der Waals surface area contributed by atoms with Crippen molar-refractivity contribution in [3.8, 4) is 0 Å². The number of nitrogens with two attached hydrogens (primary N) is 2. The largest absolute Gasteiger partial charge is 0.462 e. The van der Waals surface area contributed by atoms with Crippen molar-refractivity contribution in [2.24, 2.45) is 16.5 Å². The Labute approximate surface area is 199 Å². The number of carbonyl (C=O) groups excluding carboxylic acids is 2. The SMILES string of the molecule is CCCCCCCCCCCCC1N=C(N)N2CCCC2=C1C(=O)OCCCCNC(N)=O. The molecule has 1 saturated heterocycles. The van der Waals surface area contributed by atoms with Gasteiger partial charge in [-0.3, -0.25) is 0 Å². The Morgan fingerprint density at radius 1 is 1.03 bits per heavy atom. The molecule has 0 bridgehead atoms. The number of fused-ring (bicyclic) bond motifs is 1. The van der Waals surface area contributed by atoms with Crippen LogP contribution >= 0.6 is 0 Å². The second-order valence-corrected chi connectivity index (χ2v) is 9.22. The van der Waals surface area contributed by atoms with Gasteiger partial charge in [0.2, 0.25) is 0 Å². The van der Waals surface area contributed by atoms with Gasteiger partial charge in [0.05, 0.1) is 18.2 Å². The van der Waals surface area contributed by atoms with Crippen LogP contribution in [0.15, 0.2) is 16.3 Å². The number of aliphatic imine (C=N–C) groups is 1. The highest BCUT2D eigenvalue weighted by Gasteiger charge is 2.36. The summed E-state index contributed by atoms with van der Waals surface area (Å²) in [4.78, 5) is 30.3. The van der Waals surface area contributed by atoms with Crippen LogP contribution in [0.1, 0.15) is 103 Å². The number of hydrogen-bond donors (Lipinski definition) is 3. The summed E-state index contributed by atoms with van der Waals surface area (Å²) < 4.78 is 5.58. The Morgan fingerprint density at radius 3 is 2.36 bits per heavy atom. The molecule has 8 nitrogen and oxygen atoms in total. The average Bonchev–Trinajstić information content (AvgIpc) is 3.27. The lowest BCUT2D eigenvalue weighted by molar-refractivity contribution is -0.139. The molecule has 2 aliphatic rings. The van der Waals surface area contributed by atoms with Gasteiger partial charge in [0, 0.05) is 18.8 Å². The standard InChI is InChI=1S/C25H45N5O3/c1-2-3-4-5-6-7-8-9-10-11-15-20-22(21-16-14-18-30(21)24(26)29-20)23(31)33-19-13-12-17-28-25(27)32/h20H,2-19H2,1H3,(H2,26,29)(H3,27,28,32). The first kappa shape index (κ1) is 27.0. The minimum absolute atomic E-state index is 0.201. The van der Waals surface area contributed by atoms with Gasteiger partial charge in [0.1, 0.15) is 0 Å². The molecular formula is C25H45N5O3. The van der Waals surface area contributed by atoms with Crippen molar-refractivity contribution in [2.45, 2.75) is 109 Å². The molecule has 0 aromatic rings. The van der Waals surface area contributed by atoms with Gasteiger partial charge in [-0.05, 0) is 32.1 Å². The molecule has 5 N–H and O–H groups in total. The van der Waals surface area contributed by atoms with E-state index in [2.05, 4.69) is 17.2 Å². The van der Waals surface area contributed by atoms with E-state index in [9.17, 15) is 9.59 Å². The maximum absolute atomic E-state index is 13.0. The van der Waals surface area contributed by atoms with E-state index in [1.54, 1.807) is 0 Å². The minimum Gasteiger partial charge on any atom is -0.462 e. The zero-order chi connectivity index (χ0) is 23.9. The molecule has 0 aliphatic carbocycles. The molecule has 2 rings (SSSR count). The topological polar surface area (TPSA) is 123 Å². The third-order valence-electron chi connectivity index (χ3n) is 6.48. The van der Waals surface area contributed by atoms with Crippen LogP contribution in [0.3, 0.4) is 0 Å². The first-order valence-electron chi connectivity index (χ1n) is 13.1. The van der Waals surface area contributed by atoms with Crippen molar-refractivity contribution in [3.05, 3.63) is 11.3 Å². The van der Waals surface area contributed by atoms with Crippen molar-refractivity contribution in [1.82, 2.24) is 10.2 Å². The lowest BCUT2D eigenvalue weighted by Crippen LogP contribution is -2.41. The van der Waals surface area contributed by atoms with Crippen LogP contribution in [-0.2, 0) is 9.53 Å². The number of amides is 2. The molecule has 0 aromatic carbocycles. The Hall–Kier alpha value is -2.25. The van der Waals surface area contributed by atoms with Crippen LogP contribution in [0.2, 0.25) is 0 Å². The predicted molar refractivity (Wildman–Crippen MR) is 133 cm³/mol. The summed E-state index contributed by atoms with van der Waals surface area (Å²) in [5.41, 5.74) is 13.0. The Morgan fingerprint density at radius 2 is 1.70 bits per heavy atom. The number of nitrogens with zero attached hydrogens (tertiary/aromatic N) is 2. The van der Waals surface area contributed by atoms with Crippen molar-refractivity contribution in [1.29, 1.82) is 0 Å². The number of unbranched alkanes of at least 4 members (excludes halogenated alkanes) is 10. The fraction of sp³-hybridized carbons (Fsp3) is 0.800. The molecule has 2 amide bonds. The number of ether oxygens (including phenoxy) is 1. The highest BCUT2D eigenvalue weighted by molar-refractivity contribution is 5.95. The van der Waals surface area contributed by atoms with E-state index in [1.807, 2.05) is 4.90 Å². The molecule has 33 heavy (non-hydrogen) atoms. The molecular weight excluding hydrogens is 418 g/mol. The van der Waals surface area contributed by atoms with E-state index < -0.39 is 6.03 Å². The molecule has 0 spiro atoms. The molecule has 2 heterocycles. The zero-order valence-electron chi connectivity index (χ0n) is 20.6. The van der Waals surface area contributed by atoms with Gasteiger partial charge < -0.3 is 26.4 Å². The van der Waals surface area contributed by atoms with Crippen molar-refractivity contribution >= 4 is 18.0 Å². The van der Waals surface area contributed by atoms with E-state index in [0.717, 1.165) is 44.3 Å². The summed E-state index contributed by atoms with van der Waals surface area (Å²) in [6.07, 6.45) is 16.8. The summed E-state index contributed by atoms with van der Waals surface area (Å²) in [6, 6.07) is -0.736. The fourth-order valence-corrected chi connectivity index (χ4v) is 4.66. The van der Waals surface area contributed by atoms with Gasteiger partial charge in [-0.25, -0.2) is 14.6 Å². The maximum Gasteiger partial charge on any atom is 0.337 e. The summed E-state index contributed by atoms with van der Waals surface area (Å²) in [6.45, 7) is 3.87. The van der Waals surface area contributed by atoms with Gasteiger partial charge in [-0.2, -0.15) is 0 Å². The molecule has 1 unspecified atom stereocenters. The first-order chi connectivity index (χ1) is 16.0. The quantitative estimate of drug-likeness (QED) is 0.219. The fourth-order valence-electron chi connectivity index (χ4n) is 4.66. The number of guanidine groups is 1. The summed E-state index contributed by atoms with van der Waals surface area (Å²) in [5, 5.41) is 2.54. The van der Waals surface area contributed by atoms with E-state index >= 15 is 0 Å². The molecule has 1 fully saturated rings. The average molecular weight is 464 g/mol. The van der Waals surface area contributed by atoms with E-state index in [4.69, 9.17) is 16.2 Å². The number of urea groups is 1. The molecule has 188 valence electrons. The second kappa shape index (κ2) is 15.6. The number of rotatable bonds is 17. The first-order valence-corrected chi connectivity index (χ1v) is 13.1. The van der Waals surface area contributed by atoms with Crippen LogP contribution in [0, 0.1) is 0 Å². The molecule has 2 aliphatic heterocycles. The Balaban J connectivity index is 1.76. The van der Waals surface area contributed by atoms with Crippen LogP contribution in [0.5, 0.6) is 0 Å². The molecule has 8 heteroatoms. The monoisotopic (exact) mass is 463 g/mol. The second-order valence-electron chi connectivity index (χ2n) is 9.22. The summed E-state index contributed by atoms with van der Waals surface area (Å²) in [7, 11) is 0. The van der Waals surface area contributed by atoms with Crippen molar-refractivity contribution in [2.75, 3.05) is 19.7 Å². The lowest BCUT2D eigenvalue weighted by Gasteiger charge is -2.30. The van der Waals surface area contributed by atoms with Crippen LogP contribution in [0.4, 0.5) is 4.79 Å². The number of hydrogen-bond acceptors (Lipinski definition) is 6. The van der Waals surface area contributed by atoms with Crippen molar-refractivity contribution < 1.29 is 14.3 Å². The zero-order valence-corrected chi connectivity index (χ0v) is 20.6. The number of esters is 1. The van der Waals surface area contributed by atoms with Gasteiger partial charge in [0.15, 0.2) is 5.96 Å². The smallest absolute Gasteiger partial charge is 0.337 e. The van der Waals surface area contributed by atoms with Gasteiger partial charge >= 0.3 is 12.0 Å². The van der Waals surface area contributed by atoms with Gasteiger partial charge in [0.25, 0.3) is 0 Å². The minimum atomic E-state index is -0.534. The third-order valence-corrected chi connectivity index (χ3v) is 6.48. The number of allylic oxidation sites excluding steroid dienone is 1. The predicted octanol–water partition coefficient (Wildman–Crippen LogP) is 4.34. The Kier molecular flexibility index (Phi) is 12.7. The van der Waals surface area contributed by atoms with Crippen LogP contribution in [-0.4, -0.2) is 48.6 Å². The normalized spacial score (nSPS) is 17.7. The van der Waals surface area contributed by atoms with Gasteiger partial charge in [-0.1, -0.05) is 71.1 Å². The molecule has 0 aromatic heterocycles. The third kappa shape index (κ3) is 9.64. The Bertz CT molecular complexity index is 677. The molecule has 0 saturated carbocycles. The summed E-state index contributed by atoms with van der Waals surface area (Å²) >= 11 is 0. The lowest BCUT2D eigenvalue weighted by atomic mass is 9.96. The number of carbonyl (C=O) groups is 2. The van der Waals surface area contributed by atoms with Crippen LogP contribution in [0.25, 0.3) is 0 Å². The summed E-state index contributed by atoms with van der Waals surface area (Å²) in [5.74, 6) is 0.266. The van der Waals surface area contributed by atoms with E-state index in [0.29, 0.717) is 37.5 Å². The number of nitrogens with one attached hydrogen (secondary N) is 1. The van der Waals surface area contributed by atoms with Crippen molar-refractivity contribution in [3.63, 3.8) is 0 Å². The highest BCUT2D eigenvalue weighted by atomic mass is 16.5. The maximum atomic E-state index is 13.0.